The first-order valence-corrected chi connectivity index (χ1v) is 12.1. The zero-order chi connectivity index (χ0) is 20.4. The minimum Gasteiger partial charge on any atom is -0.280 e. The number of nitrogens with zero attached hydrogens (tertiary/aromatic N) is 2. The standard InChI is InChI=1S/C18H16BrN3O4S2/c1-2-27(23,24)18-12-11-17(20-21-18)13-3-7-15(8-4-13)22-28(25,26)16-9-5-14(19)6-10-16/h3-12,22H,2H2,1H3. The molecule has 0 unspecified atom stereocenters. The summed E-state index contributed by atoms with van der Waals surface area (Å²) < 4.78 is 51.7. The van der Waals surface area contributed by atoms with Crippen molar-refractivity contribution >= 4 is 41.5 Å². The summed E-state index contributed by atoms with van der Waals surface area (Å²) in [7, 11) is -7.10. The van der Waals surface area contributed by atoms with Crippen LogP contribution in [-0.4, -0.2) is 32.8 Å². The molecule has 146 valence electrons. The highest BCUT2D eigenvalue weighted by molar-refractivity contribution is 9.10. The number of anilines is 1. The van der Waals surface area contributed by atoms with Gasteiger partial charge in [0.05, 0.1) is 16.3 Å². The molecule has 0 bridgehead atoms. The van der Waals surface area contributed by atoms with Crippen molar-refractivity contribution < 1.29 is 16.8 Å². The van der Waals surface area contributed by atoms with Gasteiger partial charge in [0, 0.05) is 15.7 Å². The molecule has 1 heterocycles. The number of rotatable bonds is 6. The summed E-state index contributed by atoms with van der Waals surface area (Å²) in [5.74, 6) is -0.0474. The van der Waals surface area contributed by atoms with E-state index in [4.69, 9.17) is 0 Å². The maximum atomic E-state index is 12.4. The first-order valence-electron chi connectivity index (χ1n) is 8.16. The predicted molar refractivity (Wildman–Crippen MR) is 110 cm³/mol. The quantitative estimate of drug-likeness (QED) is 0.577. The molecule has 0 aliphatic carbocycles. The van der Waals surface area contributed by atoms with E-state index < -0.39 is 19.9 Å². The summed E-state index contributed by atoms with van der Waals surface area (Å²) in [5.41, 5.74) is 1.56. The lowest BCUT2D eigenvalue weighted by molar-refractivity contribution is 0.591. The number of nitrogens with one attached hydrogen (secondary N) is 1. The molecule has 0 spiro atoms. The van der Waals surface area contributed by atoms with Crippen molar-refractivity contribution in [3.05, 3.63) is 65.1 Å². The molecule has 0 amide bonds. The van der Waals surface area contributed by atoms with Crippen LogP contribution in [0.2, 0.25) is 0 Å². The number of sulfonamides is 1. The van der Waals surface area contributed by atoms with E-state index >= 15 is 0 Å². The van der Waals surface area contributed by atoms with Crippen LogP contribution in [0.1, 0.15) is 6.92 Å². The predicted octanol–water partition coefficient (Wildman–Crippen LogP) is 3.50. The van der Waals surface area contributed by atoms with E-state index in [-0.39, 0.29) is 15.7 Å². The van der Waals surface area contributed by atoms with Crippen LogP contribution in [0.3, 0.4) is 0 Å². The second-order valence-electron chi connectivity index (χ2n) is 5.80. The SMILES string of the molecule is CCS(=O)(=O)c1ccc(-c2ccc(NS(=O)(=O)c3ccc(Br)cc3)cc2)nn1. The van der Waals surface area contributed by atoms with Gasteiger partial charge in [0.2, 0.25) is 0 Å². The fraction of sp³-hybridized carbons (Fsp3) is 0.111. The van der Waals surface area contributed by atoms with Gasteiger partial charge in [-0.3, -0.25) is 4.72 Å². The third kappa shape index (κ3) is 4.57. The Balaban J connectivity index is 1.79. The van der Waals surface area contributed by atoms with E-state index in [1.165, 1.54) is 18.2 Å². The Morgan fingerprint density at radius 2 is 1.50 bits per heavy atom. The molecule has 3 rings (SSSR count). The van der Waals surface area contributed by atoms with Crippen molar-refractivity contribution in [1.82, 2.24) is 10.2 Å². The average molecular weight is 482 g/mol. The highest BCUT2D eigenvalue weighted by Crippen LogP contribution is 2.22. The van der Waals surface area contributed by atoms with Crippen LogP contribution in [0.25, 0.3) is 11.3 Å². The first-order chi connectivity index (χ1) is 13.2. The van der Waals surface area contributed by atoms with Gasteiger partial charge in [-0.25, -0.2) is 16.8 Å². The highest BCUT2D eigenvalue weighted by Gasteiger charge is 2.15. The molecule has 0 aliphatic heterocycles. The number of sulfone groups is 1. The van der Waals surface area contributed by atoms with Crippen LogP contribution < -0.4 is 4.72 Å². The van der Waals surface area contributed by atoms with Crippen molar-refractivity contribution in [2.75, 3.05) is 10.5 Å². The van der Waals surface area contributed by atoms with Gasteiger partial charge in [0.15, 0.2) is 14.9 Å². The van der Waals surface area contributed by atoms with Crippen LogP contribution in [0.15, 0.2) is 75.1 Å². The van der Waals surface area contributed by atoms with Crippen LogP contribution in [0.4, 0.5) is 5.69 Å². The van der Waals surface area contributed by atoms with Crippen molar-refractivity contribution in [1.29, 1.82) is 0 Å². The molecular formula is C18H16BrN3O4S2. The zero-order valence-corrected chi connectivity index (χ0v) is 17.9. The second-order valence-corrected chi connectivity index (χ2v) is 10.6. The third-order valence-electron chi connectivity index (χ3n) is 3.90. The summed E-state index contributed by atoms with van der Waals surface area (Å²) in [6.07, 6.45) is 0. The van der Waals surface area contributed by atoms with Crippen LogP contribution in [0, 0.1) is 0 Å². The van der Waals surface area contributed by atoms with Gasteiger partial charge < -0.3 is 0 Å². The van der Waals surface area contributed by atoms with Crippen molar-refractivity contribution in [3.8, 4) is 11.3 Å². The lowest BCUT2D eigenvalue weighted by Gasteiger charge is -2.09. The molecule has 3 aromatic rings. The largest absolute Gasteiger partial charge is 0.280 e. The molecule has 0 atom stereocenters. The molecule has 0 radical (unpaired) electrons. The van der Waals surface area contributed by atoms with Gasteiger partial charge >= 0.3 is 0 Å². The number of aromatic nitrogens is 2. The van der Waals surface area contributed by atoms with E-state index in [0.717, 1.165) is 4.47 Å². The maximum Gasteiger partial charge on any atom is 0.261 e. The zero-order valence-electron chi connectivity index (χ0n) is 14.7. The topological polar surface area (TPSA) is 106 Å². The molecule has 1 aromatic heterocycles. The van der Waals surface area contributed by atoms with Gasteiger partial charge in [-0.2, -0.15) is 0 Å². The van der Waals surface area contributed by atoms with E-state index in [1.807, 2.05) is 0 Å². The number of halogens is 1. The van der Waals surface area contributed by atoms with Crippen molar-refractivity contribution in [3.63, 3.8) is 0 Å². The summed E-state index contributed by atoms with van der Waals surface area (Å²) in [5, 5.41) is 7.65. The molecule has 0 saturated heterocycles. The molecule has 2 aromatic carbocycles. The van der Waals surface area contributed by atoms with Crippen LogP contribution in [-0.2, 0) is 19.9 Å². The summed E-state index contributed by atoms with van der Waals surface area (Å²) in [6, 6.07) is 15.8. The molecule has 1 N–H and O–H groups in total. The Bertz CT molecular complexity index is 1180. The van der Waals surface area contributed by atoms with Gasteiger partial charge in [0.25, 0.3) is 10.0 Å². The van der Waals surface area contributed by atoms with Gasteiger partial charge in [-0.1, -0.05) is 35.0 Å². The lowest BCUT2D eigenvalue weighted by Crippen LogP contribution is -2.12. The lowest BCUT2D eigenvalue weighted by atomic mass is 10.1. The van der Waals surface area contributed by atoms with Crippen LogP contribution in [0.5, 0.6) is 0 Å². The fourth-order valence-corrected chi connectivity index (χ4v) is 4.38. The monoisotopic (exact) mass is 481 g/mol. The minimum atomic E-state index is -3.70. The molecule has 28 heavy (non-hydrogen) atoms. The molecule has 0 aliphatic rings. The second kappa shape index (κ2) is 7.98. The number of hydrogen-bond donors (Lipinski definition) is 1. The number of hydrogen-bond acceptors (Lipinski definition) is 6. The van der Waals surface area contributed by atoms with Crippen molar-refractivity contribution in [2.24, 2.45) is 0 Å². The van der Waals surface area contributed by atoms with E-state index in [1.54, 1.807) is 49.4 Å². The van der Waals surface area contributed by atoms with Crippen LogP contribution >= 0.6 is 15.9 Å². The van der Waals surface area contributed by atoms with E-state index in [0.29, 0.717) is 16.9 Å². The minimum absolute atomic E-state index is 0.0474. The van der Waals surface area contributed by atoms with E-state index in [2.05, 4.69) is 30.8 Å². The Hall–Kier alpha value is -2.30. The Morgan fingerprint density at radius 1 is 0.857 bits per heavy atom. The number of benzene rings is 2. The molecule has 0 fully saturated rings. The summed E-state index contributed by atoms with van der Waals surface area (Å²) in [4.78, 5) is 0.151. The smallest absolute Gasteiger partial charge is 0.261 e. The first kappa shape index (κ1) is 20.4. The normalized spacial score (nSPS) is 11.9. The summed E-state index contributed by atoms with van der Waals surface area (Å²) in [6.45, 7) is 1.54. The molecule has 10 heteroatoms. The maximum absolute atomic E-state index is 12.4. The third-order valence-corrected chi connectivity index (χ3v) is 7.44. The Morgan fingerprint density at radius 3 is 2.04 bits per heavy atom. The van der Waals surface area contributed by atoms with Gasteiger partial charge in [-0.05, 0) is 48.5 Å². The highest BCUT2D eigenvalue weighted by atomic mass is 79.9. The van der Waals surface area contributed by atoms with E-state index in [9.17, 15) is 16.8 Å². The fourth-order valence-electron chi connectivity index (χ4n) is 2.32. The molecule has 7 nitrogen and oxygen atoms in total. The van der Waals surface area contributed by atoms with Gasteiger partial charge in [0.1, 0.15) is 0 Å². The molecular weight excluding hydrogens is 466 g/mol. The summed E-state index contributed by atoms with van der Waals surface area (Å²) >= 11 is 3.27. The average Bonchev–Trinajstić information content (AvgIpc) is 2.69. The Kier molecular flexibility index (Phi) is 5.82. The van der Waals surface area contributed by atoms with Crippen molar-refractivity contribution in [2.45, 2.75) is 16.8 Å². The Labute approximate surface area is 171 Å². The van der Waals surface area contributed by atoms with Gasteiger partial charge in [-0.15, -0.1) is 10.2 Å². The molecule has 0 saturated carbocycles.